The highest BCUT2D eigenvalue weighted by Gasteiger charge is 2.42. The van der Waals surface area contributed by atoms with E-state index < -0.39 is 0 Å². The second-order valence-corrected chi connectivity index (χ2v) is 13.6. The molecule has 1 saturated carbocycles. The van der Waals surface area contributed by atoms with Gasteiger partial charge in [0.25, 0.3) is 0 Å². The Kier molecular flexibility index (Phi) is 8.99. The number of carbonyl (C=O) groups excluding carboxylic acids is 1. The minimum Gasteiger partial charge on any atom is -0.393 e. The van der Waals surface area contributed by atoms with E-state index in [1.54, 1.807) is 10.9 Å². The van der Waals surface area contributed by atoms with Crippen molar-refractivity contribution in [1.82, 2.24) is 30.0 Å². The van der Waals surface area contributed by atoms with Crippen molar-refractivity contribution >= 4 is 11.7 Å². The van der Waals surface area contributed by atoms with Crippen LogP contribution in [0.5, 0.6) is 0 Å². The summed E-state index contributed by atoms with van der Waals surface area (Å²) >= 11 is 0. The number of hydrogen-bond acceptors (Lipinski definition) is 8. The molecule has 3 unspecified atom stereocenters. The van der Waals surface area contributed by atoms with Crippen LogP contribution in [-0.4, -0.2) is 53.9 Å². The van der Waals surface area contributed by atoms with Gasteiger partial charge >= 0.3 is 0 Å². The summed E-state index contributed by atoms with van der Waals surface area (Å²) in [6, 6.07) is 16.8. The van der Waals surface area contributed by atoms with Gasteiger partial charge in [-0.25, -0.2) is 9.97 Å². The molecule has 47 heavy (non-hydrogen) atoms. The Morgan fingerprint density at radius 1 is 0.979 bits per heavy atom. The number of nitriles is 1. The van der Waals surface area contributed by atoms with Gasteiger partial charge in [-0.15, -0.1) is 0 Å². The van der Waals surface area contributed by atoms with Crippen LogP contribution < -0.4 is 10.2 Å². The minimum absolute atomic E-state index is 0.0141. The number of carbonyl (C=O) groups is 1. The molecule has 0 spiro atoms. The second-order valence-electron chi connectivity index (χ2n) is 13.6. The monoisotopic (exact) mass is 630 g/mol. The molecule has 10 nitrogen and oxygen atoms in total. The van der Waals surface area contributed by atoms with Gasteiger partial charge in [0.2, 0.25) is 5.91 Å². The first kappa shape index (κ1) is 31.0. The van der Waals surface area contributed by atoms with E-state index in [1.807, 2.05) is 68.1 Å². The smallest absolute Gasteiger partial charge is 0.229 e. The Labute approximate surface area is 275 Å². The molecule has 0 radical (unpaired) electrons. The van der Waals surface area contributed by atoms with Crippen molar-refractivity contribution in [2.24, 2.45) is 18.9 Å². The number of aromatic nitrogens is 5. The molecule has 2 N–H and O–H groups in total. The molecule has 7 rings (SSSR count). The second kappa shape index (κ2) is 13.6. The van der Waals surface area contributed by atoms with Gasteiger partial charge in [0.15, 0.2) is 5.82 Å². The van der Waals surface area contributed by atoms with E-state index in [0.29, 0.717) is 18.0 Å². The summed E-state index contributed by atoms with van der Waals surface area (Å²) in [5.41, 5.74) is 4.35. The SMILES string of the molecule is Cn1cc(-c2ccc(C(C(=O)NCc3ccccc3)C3CCC(Cc4ncc(C#N)c(N5C6CCC5CC(O)C6)n4)CC3)nc2)cn1. The molecule has 3 atom stereocenters. The van der Waals surface area contributed by atoms with Crippen molar-refractivity contribution in [3.63, 3.8) is 0 Å². The molecule has 3 aromatic heterocycles. The first-order valence-corrected chi connectivity index (χ1v) is 16.9. The summed E-state index contributed by atoms with van der Waals surface area (Å²) in [5, 5.41) is 27.6. The Bertz CT molecular complexity index is 1710. The van der Waals surface area contributed by atoms with E-state index in [9.17, 15) is 15.2 Å². The zero-order valence-electron chi connectivity index (χ0n) is 26.9. The van der Waals surface area contributed by atoms with Gasteiger partial charge in [-0.1, -0.05) is 36.4 Å². The summed E-state index contributed by atoms with van der Waals surface area (Å²) in [7, 11) is 1.89. The highest BCUT2D eigenvalue weighted by atomic mass is 16.3. The zero-order chi connectivity index (χ0) is 32.3. The van der Waals surface area contributed by atoms with Gasteiger partial charge < -0.3 is 15.3 Å². The number of hydrogen-bond donors (Lipinski definition) is 2. The first-order chi connectivity index (χ1) is 22.9. The van der Waals surface area contributed by atoms with Gasteiger partial charge in [0.1, 0.15) is 17.5 Å². The van der Waals surface area contributed by atoms with E-state index in [2.05, 4.69) is 26.4 Å². The van der Waals surface area contributed by atoms with Gasteiger partial charge in [-0.2, -0.15) is 10.4 Å². The number of nitrogens with zero attached hydrogens (tertiary/aromatic N) is 7. The molecule has 10 heteroatoms. The van der Waals surface area contributed by atoms with Crippen LogP contribution in [-0.2, 0) is 24.8 Å². The van der Waals surface area contributed by atoms with Crippen molar-refractivity contribution < 1.29 is 9.90 Å². The third kappa shape index (κ3) is 6.77. The lowest BCUT2D eigenvalue weighted by Gasteiger charge is -2.38. The van der Waals surface area contributed by atoms with E-state index in [4.69, 9.17) is 9.97 Å². The summed E-state index contributed by atoms with van der Waals surface area (Å²) < 4.78 is 1.77. The molecule has 1 aromatic carbocycles. The number of piperidine rings is 1. The largest absolute Gasteiger partial charge is 0.393 e. The van der Waals surface area contributed by atoms with Crippen LogP contribution >= 0.6 is 0 Å². The summed E-state index contributed by atoms with van der Waals surface area (Å²) in [6.07, 6.45) is 15.1. The maximum atomic E-state index is 13.8. The standard InChI is InChI=1S/C37H42N8O2/c1-44-23-29(22-42-44)27-11-14-33(39-20-27)35(37(47)41-19-25-5-3-2-4-6-25)26-9-7-24(8-10-26)15-34-40-21-28(18-38)36(43-34)45-30-12-13-31(45)17-32(46)16-30/h2-6,11,14,20-24,26,30-32,35,46H,7-10,12-13,15-17,19H2,1H3,(H,41,47). The predicted octanol–water partition coefficient (Wildman–Crippen LogP) is 5.08. The summed E-state index contributed by atoms with van der Waals surface area (Å²) in [6.45, 7) is 0.481. The van der Waals surface area contributed by atoms with Crippen LogP contribution in [0.25, 0.3) is 11.1 Å². The highest BCUT2D eigenvalue weighted by molar-refractivity contribution is 5.83. The number of aliphatic hydroxyl groups is 1. The Hall–Kier alpha value is -4.62. The number of rotatable bonds is 9. The average Bonchev–Trinajstić information content (AvgIpc) is 3.65. The normalized spacial score (nSPS) is 24.4. The Morgan fingerprint density at radius 2 is 1.74 bits per heavy atom. The van der Waals surface area contributed by atoms with E-state index in [-0.39, 0.29) is 35.9 Å². The lowest BCUT2D eigenvalue weighted by Crippen LogP contribution is -2.45. The quantitative estimate of drug-likeness (QED) is 0.262. The number of pyridine rings is 1. The number of aliphatic hydroxyl groups excluding tert-OH is 1. The van der Waals surface area contributed by atoms with Crippen molar-refractivity contribution in [2.75, 3.05) is 4.90 Å². The molecule has 2 saturated heterocycles. The molecule has 3 aliphatic rings. The van der Waals surface area contributed by atoms with E-state index in [1.165, 1.54) is 0 Å². The number of amides is 1. The number of fused-ring (bicyclic) bond motifs is 2. The third-order valence-electron chi connectivity index (χ3n) is 10.5. The number of anilines is 1. The summed E-state index contributed by atoms with van der Waals surface area (Å²) in [4.78, 5) is 30.6. The summed E-state index contributed by atoms with van der Waals surface area (Å²) in [5.74, 6) is 1.76. The fraction of sp³-hybridized carbons (Fsp3) is 0.459. The first-order valence-electron chi connectivity index (χ1n) is 16.9. The number of nitrogens with one attached hydrogen (secondary N) is 1. The van der Waals surface area contributed by atoms with E-state index >= 15 is 0 Å². The Morgan fingerprint density at radius 3 is 2.40 bits per heavy atom. The van der Waals surface area contributed by atoms with Crippen LogP contribution in [0.2, 0.25) is 0 Å². The third-order valence-corrected chi connectivity index (χ3v) is 10.5. The van der Waals surface area contributed by atoms with Crippen LogP contribution in [0.15, 0.2) is 67.3 Å². The molecule has 4 aromatic rings. The van der Waals surface area contributed by atoms with Gasteiger partial charge in [0, 0.05) is 55.6 Å². The molecule has 5 heterocycles. The fourth-order valence-electron chi connectivity index (χ4n) is 8.08. The number of benzene rings is 1. The molecule has 1 amide bonds. The van der Waals surface area contributed by atoms with Crippen molar-refractivity contribution in [3.05, 3.63) is 89.9 Å². The van der Waals surface area contributed by atoms with Gasteiger partial charge in [-0.05, 0) is 74.8 Å². The average molecular weight is 631 g/mol. The van der Waals surface area contributed by atoms with Crippen molar-refractivity contribution in [2.45, 2.75) is 88.4 Å². The van der Waals surface area contributed by atoms with Crippen LogP contribution in [0, 0.1) is 23.2 Å². The van der Waals surface area contributed by atoms with Gasteiger partial charge in [-0.3, -0.25) is 14.5 Å². The zero-order valence-corrected chi connectivity index (χ0v) is 26.9. The molecule has 1 aliphatic carbocycles. The van der Waals surface area contributed by atoms with Crippen LogP contribution in [0.3, 0.4) is 0 Å². The van der Waals surface area contributed by atoms with Crippen molar-refractivity contribution in [3.8, 4) is 17.2 Å². The van der Waals surface area contributed by atoms with Gasteiger partial charge in [0.05, 0.1) is 30.1 Å². The fourth-order valence-corrected chi connectivity index (χ4v) is 8.08. The van der Waals surface area contributed by atoms with Crippen LogP contribution in [0.1, 0.15) is 79.9 Å². The maximum Gasteiger partial charge on any atom is 0.229 e. The van der Waals surface area contributed by atoms with E-state index in [0.717, 1.165) is 91.8 Å². The molecule has 3 fully saturated rings. The number of aryl methyl sites for hydroxylation is 1. The maximum absolute atomic E-state index is 13.8. The molecule has 242 valence electrons. The molecule has 2 aliphatic heterocycles. The highest BCUT2D eigenvalue weighted by Crippen LogP contribution is 2.41. The minimum atomic E-state index is -0.342. The van der Waals surface area contributed by atoms with Crippen molar-refractivity contribution in [1.29, 1.82) is 5.26 Å². The topological polar surface area (TPSA) is 133 Å². The molecular formula is C37H42N8O2. The molecule has 2 bridgehead atoms. The Balaban J connectivity index is 1.05. The molecular weight excluding hydrogens is 588 g/mol. The lowest BCUT2D eigenvalue weighted by molar-refractivity contribution is -0.124. The lowest BCUT2D eigenvalue weighted by atomic mass is 9.73. The predicted molar refractivity (Wildman–Crippen MR) is 178 cm³/mol. The van der Waals surface area contributed by atoms with Crippen LogP contribution in [0.4, 0.5) is 5.82 Å².